The molecule has 0 radical (unpaired) electrons. The molecule has 1 aromatic heterocycles. The van der Waals surface area contributed by atoms with Crippen LogP contribution in [0.4, 0.5) is 5.69 Å². The number of hydrogen-bond acceptors (Lipinski definition) is 4. The first-order valence-electron chi connectivity index (χ1n) is 5.24. The van der Waals surface area contributed by atoms with Crippen LogP contribution >= 0.6 is 15.9 Å². The second kappa shape index (κ2) is 5.23. The Morgan fingerprint density at radius 1 is 1.42 bits per heavy atom. The van der Waals surface area contributed by atoms with Crippen LogP contribution in [0.25, 0.3) is 5.69 Å². The van der Waals surface area contributed by atoms with Crippen LogP contribution < -0.4 is 0 Å². The Bertz CT molecular complexity index is 651. The van der Waals surface area contributed by atoms with Crippen molar-refractivity contribution in [3.05, 3.63) is 56.8 Å². The first-order chi connectivity index (χ1) is 9.04. The van der Waals surface area contributed by atoms with Gasteiger partial charge in [0.1, 0.15) is 11.4 Å². The number of carbonyl (C=O) groups is 1. The SMILES string of the molecule is COC(=O)c1cc(Br)cn1-c1ccccc1[N+](=O)[O-]. The van der Waals surface area contributed by atoms with Gasteiger partial charge >= 0.3 is 5.97 Å². The number of nitrogens with zero attached hydrogens (tertiary/aromatic N) is 2. The van der Waals surface area contributed by atoms with Crippen LogP contribution in [0.1, 0.15) is 10.5 Å². The molecule has 0 saturated heterocycles. The second-order valence-electron chi connectivity index (χ2n) is 3.65. The molecule has 0 aliphatic heterocycles. The van der Waals surface area contributed by atoms with Gasteiger partial charge in [-0.25, -0.2) is 4.79 Å². The molecule has 0 spiro atoms. The van der Waals surface area contributed by atoms with Crippen molar-refractivity contribution < 1.29 is 14.5 Å². The van der Waals surface area contributed by atoms with Crippen LogP contribution in [0.5, 0.6) is 0 Å². The molecule has 0 aliphatic carbocycles. The van der Waals surface area contributed by atoms with Gasteiger partial charge < -0.3 is 9.30 Å². The third kappa shape index (κ3) is 2.50. The number of esters is 1. The predicted molar refractivity (Wildman–Crippen MR) is 71.5 cm³/mol. The summed E-state index contributed by atoms with van der Waals surface area (Å²) in [7, 11) is 1.26. The van der Waals surface area contributed by atoms with Gasteiger partial charge in [0.2, 0.25) is 0 Å². The summed E-state index contributed by atoms with van der Waals surface area (Å²) in [6, 6.07) is 7.72. The first-order valence-corrected chi connectivity index (χ1v) is 6.04. The molecule has 2 aromatic rings. The molecular weight excluding hydrogens is 316 g/mol. The maximum atomic E-state index is 11.7. The lowest BCUT2D eigenvalue weighted by molar-refractivity contribution is -0.384. The van der Waals surface area contributed by atoms with Crippen molar-refractivity contribution in [1.82, 2.24) is 4.57 Å². The summed E-state index contributed by atoms with van der Waals surface area (Å²) < 4.78 is 6.72. The molecule has 0 saturated carbocycles. The van der Waals surface area contributed by atoms with E-state index < -0.39 is 10.9 Å². The zero-order valence-corrected chi connectivity index (χ0v) is 11.5. The molecule has 7 heteroatoms. The summed E-state index contributed by atoms with van der Waals surface area (Å²) in [4.78, 5) is 22.2. The van der Waals surface area contributed by atoms with Crippen LogP contribution in [-0.4, -0.2) is 22.6 Å². The zero-order valence-electron chi connectivity index (χ0n) is 9.87. The van der Waals surface area contributed by atoms with Crippen LogP contribution in [0.15, 0.2) is 41.0 Å². The monoisotopic (exact) mass is 324 g/mol. The molecule has 0 fully saturated rings. The molecule has 0 N–H and O–H groups in total. The lowest BCUT2D eigenvalue weighted by Crippen LogP contribution is -2.09. The quantitative estimate of drug-likeness (QED) is 0.494. The zero-order chi connectivity index (χ0) is 14.0. The summed E-state index contributed by atoms with van der Waals surface area (Å²) in [5.41, 5.74) is 0.429. The van der Waals surface area contributed by atoms with Crippen LogP contribution in [-0.2, 0) is 4.74 Å². The number of carbonyl (C=O) groups excluding carboxylic acids is 1. The summed E-state index contributed by atoms with van der Waals surface area (Å²) in [5.74, 6) is -0.566. The highest BCUT2D eigenvalue weighted by Crippen LogP contribution is 2.27. The fraction of sp³-hybridized carbons (Fsp3) is 0.0833. The first kappa shape index (κ1) is 13.3. The van der Waals surface area contributed by atoms with Gasteiger partial charge in [-0.05, 0) is 28.1 Å². The van der Waals surface area contributed by atoms with Crippen LogP contribution in [0, 0.1) is 10.1 Å². The average Bonchev–Trinajstić information content (AvgIpc) is 2.79. The van der Waals surface area contributed by atoms with E-state index in [0.717, 1.165) is 0 Å². The minimum Gasteiger partial charge on any atom is -0.464 e. The molecule has 0 bridgehead atoms. The fourth-order valence-corrected chi connectivity index (χ4v) is 2.14. The third-order valence-corrected chi connectivity index (χ3v) is 2.95. The number of benzene rings is 1. The molecule has 98 valence electrons. The highest BCUT2D eigenvalue weighted by Gasteiger charge is 2.20. The number of halogens is 1. The van der Waals surface area contributed by atoms with E-state index in [9.17, 15) is 14.9 Å². The van der Waals surface area contributed by atoms with Crippen molar-refractivity contribution in [2.45, 2.75) is 0 Å². The number of ether oxygens (including phenoxy) is 1. The largest absolute Gasteiger partial charge is 0.464 e. The predicted octanol–water partition coefficient (Wildman–Crippen LogP) is 2.93. The van der Waals surface area contributed by atoms with Crippen LogP contribution in [0.3, 0.4) is 0 Å². The van der Waals surface area contributed by atoms with Gasteiger partial charge in [-0.3, -0.25) is 10.1 Å². The molecule has 0 aliphatic rings. The highest BCUT2D eigenvalue weighted by molar-refractivity contribution is 9.10. The topological polar surface area (TPSA) is 74.4 Å². The summed E-state index contributed by atoms with van der Waals surface area (Å²) in [6.07, 6.45) is 1.58. The lowest BCUT2D eigenvalue weighted by atomic mass is 10.2. The lowest BCUT2D eigenvalue weighted by Gasteiger charge is -2.07. The fourth-order valence-electron chi connectivity index (χ4n) is 1.71. The Labute approximate surface area is 116 Å². The smallest absolute Gasteiger partial charge is 0.355 e. The second-order valence-corrected chi connectivity index (χ2v) is 4.57. The molecular formula is C12H9BrN2O4. The van der Waals surface area contributed by atoms with Crippen molar-refractivity contribution in [3.8, 4) is 5.69 Å². The van der Waals surface area contributed by atoms with Crippen molar-refractivity contribution in [2.24, 2.45) is 0 Å². The maximum absolute atomic E-state index is 11.7. The molecule has 0 unspecified atom stereocenters. The average molecular weight is 325 g/mol. The molecule has 1 heterocycles. The normalized spacial score (nSPS) is 10.2. The number of methoxy groups -OCH3 is 1. The van der Waals surface area contributed by atoms with E-state index in [1.807, 2.05) is 0 Å². The van der Waals surface area contributed by atoms with E-state index in [4.69, 9.17) is 0 Å². The Morgan fingerprint density at radius 3 is 2.74 bits per heavy atom. The summed E-state index contributed by atoms with van der Waals surface area (Å²) >= 11 is 3.24. The Kier molecular flexibility index (Phi) is 3.66. The number of nitro benzene ring substituents is 1. The Balaban J connectivity index is 2.66. The molecule has 19 heavy (non-hydrogen) atoms. The van der Waals surface area contributed by atoms with E-state index in [1.165, 1.54) is 17.7 Å². The minimum absolute atomic E-state index is 0.0873. The third-order valence-electron chi connectivity index (χ3n) is 2.52. The Morgan fingerprint density at radius 2 is 2.11 bits per heavy atom. The molecule has 2 rings (SSSR count). The van der Waals surface area contributed by atoms with E-state index in [-0.39, 0.29) is 11.4 Å². The number of rotatable bonds is 3. The summed E-state index contributed by atoms with van der Waals surface area (Å²) in [5, 5.41) is 11.0. The van der Waals surface area contributed by atoms with E-state index >= 15 is 0 Å². The van der Waals surface area contributed by atoms with Crippen molar-refractivity contribution >= 4 is 27.6 Å². The molecule has 6 nitrogen and oxygen atoms in total. The van der Waals surface area contributed by atoms with Gasteiger partial charge in [0.25, 0.3) is 5.69 Å². The van der Waals surface area contributed by atoms with E-state index in [0.29, 0.717) is 10.2 Å². The number of aromatic nitrogens is 1. The molecule has 0 amide bonds. The number of hydrogen-bond donors (Lipinski definition) is 0. The maximum Gasteiger partial charge on any atom is 0.355 e. The van der Waals surface area contributed by atoms with Gasteiger partial charge in [-0.2, -0.15) is 0 Å². The minimum atomic E-state index is -0.566. The van der Waals surface area contributed by atoms with Gasteiger partial charge in [-0.1, -0.05) is 12.1 Å². The van der Waals surface area contributed by atoms with Gasteiger partial charge in [0.15, 0.2) is 0 Å². The van der Waals surface area contributed by atoms with Crippen molar-refractivity contribution in [3.63, 3.8) is 0 Å². The van der Waals surface area contributed by atoms with E-state index in [2.05, 4.69) is 20.7 Å². The number of nitro groups is 1. The van der Waals surface area contributed by atoms with Crippen molar-refractivity contribution in [1.29, 1.82) is 0 Å². The Hall–Kier alpha value is -2.15. The highest BCUT2D eigenvalue weighted by atomic mass is 79.9. The molecule has 1 aromatic carbocycles. The molecule has 0 atom stereocenters. The van der Waals surface area contributed by atoms with Crippen LogP contribution in [0.2, 0.25) is 0 Å². The summed E-state index contributed by atoms with van der Waals surface area (Å²) in [6.45, 7) is 0. The standard InChI is InChI=1S/C12H9BrN2O4/c1-19-12(16)11-6-8(13)7-14(11)9-4-2-3-5-10(9)15(17)18/h2-7H,1H3. The van der Waals surface area contributed by atoms with Gasteiger partial charge in [0.05, 0.1) is 12.0 Å². The van der Waals surface area contributed by atoms with Crippen molar-refractivity contribution in [2.75, 3.05) is 7.11 Å². The number of para-hydroxylation sites is 2. The van der Waals surface area contributed by atoms with E-state index in [1.54, 1.807) is 30.5 Å². The van der Waals surface area contributed by atoms with Gasteiger partial charge in [0, 0.05) is 16.7 Å². The van der Waals surface area contributed by atoms with Gasteiger partial charge in [-0.15, -0.1) is 0 Å².